The van der Waals surface area contributed by atoms with E-state index in [4.69, 9.17) is 5.73 Å². The van der Waals surface area contributed by atoms with Crippen LogP contribution >= 0.6 is 23.7 Å². The number of primary amides is 1. The fourth-order valence-electron chi connectivity index (χ4n) is 0.422. The summed E-state index contributed by atoms with van der Waals surface area (Å²) in [4.78, 5) is 10.2. The highest BCUT2D eigenvalue weighted by molar-refractivity contribution is 7.09. The molecule has 1 aromatic rings. The normalized spacial score (nSPS) is 8.40. The second-order valence-electron chi connectivity index (χ2n) is 1.48. The van der Waals surface area contributed by atoms with Gasteiger partial charge in [-0.05, 0) is 0 Å². The Morgan fingerprint density at radius 3 is 2.90 bits per heavy atom. The summed E-state index contributed by atoms with van der Waals surface area (Å²) in [6.45, 7) is 0. The molecule has 1 heterocycles. The van der Waals surface area contributed by atoms with Crippen LogP contribution < -0.4 is 5.73 Å². The third-order valence-electron chi connectivity index (χ3n) is 0.731. The minimum atomic E-state index is -0.369. The van der Waals surface area contributed by atoms with E-state index in [2.05, 4.69) is 10.2 Å². The summed E-state index contributed by atoms with van der Waals surface area (Å²) in [5, 5.41) is 7.83. The van der Waals surface area contributed by atoms with Gasteiger partial charge in [-0.25, -0.2) is 0 Å². The topological polar surface area (TPSA) is 68.9 Å². The van der Waals surface area contributed by atoms with Crippen LogP contribution in [0.5, 0.6) is 0 Å². The highest BCUT2D eigenvalue weighted by Gasteiger charge is 1.99. The Morgan fingerprint density at radius 2 is 2.50 bits per heavy atom. The van der Waals surface area contributed by atoms with Gasteiger partial charge in [-0.3, -0.25) is 4.79 Å². The number of nitrogens with zero attached hydrogens (tertiary/aromatic N) is 2. The van der Waals surface area contributed by atoms with Gasteiger partial charge in [0.15, 0.2) is 0 Å². The number of amides is 1. The molecule has 0 unspecified atom stereocenters. The molecule has 0 fully saturated rings. The Kier molecular flexibility index (Phi) is 3.90. The van der Waals surface area contributed by atoms with Gasteiger partial charge in [-0.2, -0.15) is 0 Å². The predicted molar refractivity (Wildman–Crippen MR) is 40.1 cm³/mol. The molecule has 6 heteroatoms. The molecule has 56 valence electrons. The average Bonchev–Trinajstić information content (AvgIpc) is 2.15. The Balaban J connectivity index is 0.000000810. The van der Waals surface area contributed by atoms with Crippen LogP contribution in [0.3, 0.4) is 0 Å². The van der Waals surface area contributed by atoms with E-state index in [1.165, 1.54) is 11.3 Å². The van der Waals surface area contributed by atoms with Crippen molar-refractivity contribution >= 4 is 29.7 Å². The molecule has 0 saturated carbocycles. The van der Waals surface area contributed by atoms with Crippen molar-refractivity contribution in [3.8, 4) is 0 Å². The number of carbonyl (C=O) groups is 1. The molecule has 1 rings (SSSR count). The summed E-state index contributed by atoms with van der Waals surface area (Å²) in [6, 6.07) is 0. The maximum atomic E-state index is 10.2. The number of hydrogen-bond donors (Lipinski definition) is 1. The summed E-state index contributed by atoms with van der Waals surface area (Å²) in [7, 11) is 0. The average molecular weight is 180 g/mol. The first-order chi connectivity index (χ1) is 4.29. The van der Waals surface area contributed by atoms with Crippen LogP contribution in [-0.4, -0.2) is 16.1 Å². The molecule has 0 aliphatic heterocycles. The van der Waals surface area contributed by atoms with Gasteiger partial charge in [-0.1, -0.05) is 0 Å². The molecule has 0 aliphatic rings. The summed E-state index contributed by atoms with van der Waals surface area (Å²) in [5.41, 5.74) is 6.45. The first-order valence-corrected chi connectivity index (χ1v) is 3.20. The molecular weight excluding hydrogens is 174 g/mol. The van der Waals surface area contributed by atoms with Crippen LogP contribution in [0.25, 0.3) is 0 Å². The molecule has 0 saturated heterocycles. The van der Waals surface area contributed by atoms with Crippen LogP contribution in [-0.2, 0) is 11.2 Å². The third-order valence-corrected chi connectivity index (χ3v) is 1.43. The maximum Gasteiger partial charge on any atom is 0.224 e. The van der Waals surface area contributed by atoms with Crippen LogP contribution in [0.1, 0.15) is 5.01 Å². The Labute approximate surface area is 67.9 Å². The zero-order valence-corrected chi connectivity index (χ0v) is 6.61. The highest BCUT2D eigenvalue weighted by Crippen LogP contribution is 2.00. The Bertz CT molecular complexity index is 200. The van der Waals surface area contributed by atoms with Gasteiger partial charge < -0.3 is 5.73 Å². The van der Waals surface area contributed by atoms with E-state index in [9.17, 15) is 4.79 Å². The van der Waals surface area contributed by atoms with Gasteiger partial charge in [0.2, 0.25) is 5.91 Å². The summed E-state index contributed by atoms with van der Waals surface area (Å²) in [6.07, 6.45) is 0.199. The molecule has 1 amide bonds. The van der Waals surface area contributed by atoms with E-state index in [-0.39, 0.29) is 24.7 Å². The molecular formula is C4H6ClN3OS. The monoisotopic (exact) mass is 179 g/mol. The van der Waals surface area contributed by atoms with Crippen molar-refractivity contribution in [1.29, 1.82) is 0 Å². The smallest absolute Gasteiger partial charge is 0.224 e. The van der Waals surface area contributed by atoms with Crippen molar-refractivity contribution < 1.29 is 4.79 Å². The number of halogens is 1. The first kappa shape index (κ1) is 9.32. The van der Waals surface area contributed by atoms with Crippen LogP contribution in [0.2, 0.25) is 0 Å². The third kappa shape index (κ3) is 2.75. The van der Waals surface area contributed by atoms with Crippen molar-refractivity contribution in [2.24, 2.45) is 5.73 Å². The minimum absolute atomic E-state index is 0. The Hall–Kier alpha value is -0.680. The van der Waals surface area contributed by atoms with Gasteiger partial charge in [0.25, 0.3) is 0 Å². The number of aromatic nitrogens is 2. The quantitative estimate of drug-likeness (QED) is 0.694. The molecule has 4 nitrogen and oxygen atoms in total. The second-order valence-corrected chi connectivity index (χ2v) is 2.39. The summed E-state index contributed by atoms with van der Waals surface area (Å²) >= 11 is 1.33. The summed E-state index contributed by atoms with van der Waals surface area (Å²) < 4.78 is 0. The van der Waals surface area contributed by atoms with Crippen molar-refractivity contribution in [3.63, 3.8) is 0 Å². The standard InChI is InChI=1S/C4H5N3OS.ClH/c5-3(8)1-4-7-6-2-9-4;/h2H,1H2,(H2,5,8);1H. The van der Waals surface area contributed by atoms with E-state index in [1.807, 2.05) is 0 Å². The fourth-order valence-corrected chi connectivity index (χ4v) is 0.958. The molecule has 0 aromatic carbocycles. The van der Waals surface area contributed by atoms with Gasteiger partial charge in [0.1, 0.15) is 10.5 Å². The van der Waals surface area contributed by atoms with Crippen molar-refractivity contribution in [2.75, 3.05) is 0 Å². The molecule has 0 spiro atoms. The lowest BCUT2D eigenvalue weighted by molar-refractivity contribution is -0.117. The molecule has 0 atom stereocenters. The van der Waals surface area contributed by atoms with E-state index < -0.39 is 0 Å². The number of hydrogen-bond acceptors (Lipinski definition) is 4. The lowest BCUT2D eigenvalue weighted by atomic mass is 10.4. The summed E-state index contributed by atoms with van der Waals surface area (Å²) in [5.74, 6) is -0.369. The van der Waals surface area contributed by atoms with E-state index in [1.54, 1.807) is 5.51 Å². The second kappa shape index (κ2) is 4.19. The zero-order chi connectivity index (χ0) is 6.69. The molecule has 0 aliphatic carbocycles. The van der Waals surface area contributed by atoms with E-state index in [0.29, 0.717) is 5.01 Å². The first-order valence-electron chi connectivity index (χ1n) is 2.32. The van der Waals surface area contributed by atoms with Crippen LogP contribution in [0.4, 0.5) is 0 Å². The molecule has 0 radical (unpaired) electrons. The van der Waals surface area contributed by atoms with E-state index >= 15 is 0 Å². The number of rotatable bonds is 2. The minimum Gasteiger partial charge on any atom is -0.369 e. The predicted octanol–water partition coefficient (Wildman–Crippen LogP) is -0.0123. The largest absolute Gasteiger partial charge is 0.369 e. The number of nitrogens with two attached hydrogens (primary N) is 1. The maximum absolute atomic E-state index is 10.2. The zero-order valence-electron chi connectivity index (χ0n) is 4.98. The molecule has 0 bridgehead atoms. The van der Waals surface area contributed by atoms with Gasteiger partial charge >= 0.3 is 0 Å². The number of carbonyl (C=O) groups excluding carboxylic acids is 1. The fraction of sp³-hybridized carbons (Fsp3) is 0.250. The van der Waals surface area contributed by atoms with Crippen molar-refractivity contribution in [1.82, 2.24) is 10.2 Å². The van der Waals surface area contributed by atoms with Crippen LogP contribution in [0, 0.1) is 0 Å². The highest BCUT2D eigenvalue weighted by atomic mass is 35.5. The van der Waals surface area contributed by atoms with Crippen molar-refractivity contribution in [2.45, 2.75) is 6.42 Å². The van der Waals surface area contributed by atoms with Crippen LogP contribution in [0.15, 0.2) is 5.51 Å². The Morgan fingerprint density at radius 1 is 1.80 bits per heavy atom. The lowest BCUT2D eigenvalue weighted by Crippen LogP contribution is -2.13. The SMILES string of the molecule is Cl.NC(=O)Cc1nncs1. The molecule has 2 N–H and O–H groups in total. The van der Waals surface area contributed by atoms with Gasteiger partial charge in [0, 0.05) is 0 Å². The van der Waals surface area contributed by atoms with E-state index in [0.717, 1.165) is 0 Å². The lowest BCUT2D eigenvalue weighted by Gasteiger charge is -1.83. The van der Waals surface area contributed by atoms with Gasteiger partial charge in [-0.15, -0.1) is 33.9 Å². The molecule has 10 heavy (non-hydrogen) atoms. The molecule has 1 aromatic heterocycles. The van der Waals surface area contributed by atoms with Crippen molar-refractivity contribution in [3.05, 3.63) is 10.5 Å². The van der Waals surface area contributed by atoms with Gasteiger partial charge in [0.05, 0.1) is 6.42 Å².